The van der Waals surface area contributed by atoms with E-state index in [0.29, 0.717) is 18.2 Å². The molecular weight excluding hydrogens is 236 g/mol. The first kappa shape index (κ1) is 13.6. The number of hydrogen-bond acceptors (Lipinski definition) is 2. The van der Waals surface area contributed by atoms with Crippen LogP contribution in [0.4, 0.5) is 0 Å². The third-order valence-corrected chi connectivity index (χ3v) is 3.52. The van der Waals surface area contributed by atoms with Crippen molar-refractivity contribution in [2.75, 3.05) is 6.54 Å². The number of aryl methyl sites for hydroxylation is 1. The summed E-state index contributed by atoms with van der Waals surface area (Å²) in [6.07, 6.45) is 2.18. The monoisotopic (exact) mass is 256 g/mol. The van der Waals surface area contributed by atoms with E-state index in [1.807, 2.05) is 25.1 Å². The molecule has 3 N–H and O–H groups in total. The van der Waals surface area contributed by atoms with Gasteiger partial charge in [0.2, 0.25) is 0 Å². The van der Waals surface area contributed by atoms with Crippen molar-refractivity contribution in [1.82, 2.24) is 5.32 Å². The van der Waals surface area contributed by atoms with Crippen molar-refractivity contribution in [1.29, 1.82) is 0 Å². The highest BCUT2D eigenvalue weighted by atomic mass is 16.1. The highest BCUT2D eigenvalue weighted by molar-refractivity contribution is 5.94. The summed E-state index contributed by atoms with van der Waals surface area (Å²) < 4.78 is 0. The summed E-state index contributed by atoms with van der Waals surface area (Å²) in [7, 11) is 0. The first-order chi connectivity index (χ1) is 9.10. The molecule has 0 unspecified atom stereocenters. The van der Waals surface area contributed by atoms with Crippen molar-refractivity contribution in [3.63, 3.8) is 0 Å². The van der Waals surface area contributed by atoms with Gasteiger partial charge in [0.05, 0.1) is 6.54 Å². The van der Waals surface area contributed by atoms with Gasteiger partial charge in [0.25, 0.3) is 5.91 Å². The van der Waals surface area contributed by atoms with Crippen LogP contribution in [0.25, 0.3) is 0 Å². The summed E-state index contributed by atoms with van der Waals surface area (Å²) >= 11 is 0. The average Bonchev–Trinajstić information content (AvgIpc) is 2.35. The van der Waals surface area contributed by atoms with Gasteiger partial charge >= 0.3 is 0 Å². The Balaban J connectivity index is 2.04. The Morgan fingerprint density at radius 3 is 2.79 bits per heavy atom. The summed E-state index contributed by atoms with van der Waals surface area (Å²) in [5, 5.41) is 3.06. The molecule has 3 nitrogen and oxygen atoms in total. The second-order valence-electron chi connectivity index (χ2n) is 5.28. The highest BCUT2D eigenvalue weighted by Gasteiger charge is 2.26. The fourth-order valence-corrected chi connectivity index (χ4v) is 2.38. The number of hydrogen-bond donors (Lipinski definition) is 2. The van der Waals surface area contributed by atoms with Crippen molar-refractivity contribution in [3.05, 3.63) is 34.9 Å². The maximum atomic E-state index is 12.1. The maximum absolute atomic E-state index is 12.1. The zero-order valence-electron chi connectivity index (χ0n) is 11.5. The lowest BCUT2D eigenvalue weighted by Crippen LogP contribution is -2.43. The molecule has 0 radical (unpaired) electrons. The van der Waals surface area contributed by atoms with Crippen LogP contribution in [0.2, 0.25) is 0 Å². The van der Waals surface area contributed by atoms with Gasteiger partial charge in [-0.15, -0.1) is 0 Å². The van der Waals surface area contributed by atoms with Crippen LogP contribution in [0.5, 0.6) is 0 Å². The SMILES string of the molecule is Cc1cc(C(=O)NC2CC(C)C2)ccc1C#CCN. The van der Waals surface area contributed by atoms with Gasteiger partial charge in [-0.2, -0.15) is 0 Å². The van der Waals surface area contributed by atoms with Gasteiger partial charge in [0.15, 0.2) is 0 Å². The van der Waals surface area contributed by atoms with Gasteiger partial charge in [-0.05, 0) is 49.4 Å². The third-order valence-electron chi connectivity index (χ3n) is 3.52. The predicted molar refractivity (Wildman–Crippen MR) is 76.8 cm³/mol. The molecule has 1 saturated carbocycles. The van der Waals surface area contributed by atoms with Crippen LogP contribution in [0, 0.1) is 24.7 Å². The first-order valence-corrected chi connectivity index (χ1v) is 6.70. The van der Waals surface area contributed by atoms with Gasteiger partial charge < -0.3 is 11.1 Å². The number of rotatable bonds is 2. The summed E-state index contributed by atoms with van der Waals surface area (Å²) in [4.78, 5) is 12.1. The smallest absolute Gasteiger partial charge is 0.251 e. The lowest BCUT2D eigenvalue weighted by Gasteiger charge is -2.33. The van der Waals surface area contributed by atoms with E-state index in [9.17, 15) is 4.79 Å². The lowest BCUT2D eigenvalue weighted by atomic mass is 9.82. The van der Waals surface area contributed by atoms with Crippen LogP contribution in [0.1, 0.15) is 41.3 Å². The van der Waals surface area contributed by atoms with E-state index in [0.717, 1.165) is 29.9 Å². The molecule has 1 aromatic carbocycles. The Kier molecular flexibility index (Phi) is 4.24. The van der Waals surface area contributed by atoms with Gasteiger partial charge in [-0.3, -0.25) is 4.79 Å². The molecule has 1 fully saturated rings. The van der Waals surface area contributed by atoms with Crippen molar-refractivity contribution in [3.8, 4) is 11.8 Å². The normalized spacial score (nSPS) is 21.0. The number of carbonyl (C=O) groups is 1. The summed E-state index contributed by atoms with van der Waals surface area (Å²) in [6, 6.07) is 5.94. The largest absolute Gasteiger partial charge is 0.349 e. The standard InChI is InChI=1S/C16H20N2O/c1-11-8-15(9-11)18-16(19)14-6-5-13(4-3-7-17)12(2)10-14/h5-6,10-11,15H,7-9,17H2,1-2H3,(H,18,19). The molecule has 0 aliphatic heterocycles. The van der Waals surface area contributed by atoms with E-state index in [-0.39, 0.29) is 5.91 Å². The zero-order chi connectivity index (χ0) is 13.8. The molecule has 3 heteroatoms. The Morgan fingerprint density at radius 1 is 1.47 bits per heavy atom. The fraction of sp³-hybridized carbons (Fsp3) is 0.438. The predicted octanol–water partition coefficient (Wildman–Crippen LogP) is 1.83. The molecule has 0 spiro atoms. The van der Waals surface area contributed by atoms with E-state index >= 15 is 0 Å². The zero-order valence-corrected chi connectivity index (χ0v) is 11.5. The number of nitrogens with one attached hydrogen (secondary N) is 1. The van der Waals surface area contributed by atoms with Crippen molar-refractivity contribution in [2.24, 2.45) is 11.7 Å². The number of nitrogens with two attached hydrogens (primary N) is 1. The molecule has 19 heavy (non-hydrogen) atoms. The van der Waals surface area contributed by atoms with E-state index < -0.39 is 0 Å². The van der Waals surface area contributed by atoms with E-state index in [4.69, 9.17) is 5.73 Å². The molecule has 0 heterocycles. The first-order valence-electron chi connectivity index (χ1n) is 6.70. The van der Waals surface area contributed by atoms with Crippen LogP contribution < -0.4 is 11.1 Å². The molecule has 0 saturated heterocycles. The van der Waals surface area contributed by atoms with Crippen molar-refractivity contribution < 1.29 is 4.79 Å². The Hall–Kier alpha value is -1.79. The Morgan fingerprint density at radius 2 is 2.21 bits per heavy atom. The number of carbonyl (C=O) groups excluding carboxylic acids is 1. The Labute approximate surface area is 114 Å². The minimum Gasteiger partial charge on any atom is -0.349 e. The second kappa shape index (κ2) is 5.90. The topological polar surface area (TPSA) is 55.1 Å². The molecule has 100 valence electrons. The van der Waals surface area contributed by atoms with E-state index in [1.54, 1.807) is 0 Å². The van der Waals surface area contributed by atoms with Crippen LogP contribution in [-0.2, 0) is 0 Å². The van der Waals surface area contributed by atoms with Crippen molar-refractivity contribution >= 4 is 5.91 Å². The molecular formula is C16H20N2O. The maximum Gasteiger partial charge on any atom is 0.251 e. The minimum absolute atomic E-state index is 0.0123. The third kappa shape index (κ3) is 3.36. The average molecular weight is 256 g/mol. The van der Waals surface area contributed by atoms with Crippen LogP contribution in [0.15, 0.2) is 18.2 Å². The number of amides is 1. The Bertz CT molecular complexity index is 533. The molecule has 2 rings (SSSR count). The lowest BCUT2D eigenvalue weighted by molar-refractivity contribution is 0.0896. The molecule has 0 atom stereocenters. The second-order valence-corrected chi connectivity index (χ2v) is 5.28. The van der Waals surface area contributed by atoms with Gasteiger partial charge in [-0.25, -0.2) is 0 Å². The number of benzene rings is 1. The summed E-state index contributed by atoms with van der Waals surface area (Å²) in [5.74, 6) is 6.58. The van der Waals surface area contributed by atoms with E-state index in [2.05, 4.69) is 24.1 Å². The molecule has 0 aromatic heterocycles. The van der Waals surface area contributed by atoms with Crippen LogP contribution in [-0.4, -0.2) is 18.5 Å². The highest BCUT2D eigenvalue weighted by Crippen LogP contribution is 2.26. The van der Waals surface area contributed by atoms with Gasteiger partial charge in [0.1, 0.15) is 0 Å². The van der Waals surface area contributed by atoms with Gasteiger partial charge in [0, 0.05) is 17.2 Å². The van der Waals surface area contributed by atoms with Crippen LogP contribution >= 0.6 is 0 Å². The summed E-state index contributed by atoms with van der Waals surface area (Å²) in [5.41, 5.74) is 8.00. The quantitative estimate of drug-likeness (QED) is 0.793. The molecule has 1 amide bonds. The van der Waals surface area contributed by atoms with Crippen molar-refractivity contribution in [2.45, 2.75) is 32.7 Å². The minimum atomic E-state index is 0.0123. The van der Waals surface area contributed by atoms with E-state index in [1.165, 1.54) is 0 Å². The molecule has 0 bridgehead atoms. The van der Waals surface area contributed by atoms with Gasteiger partial charge in [-0.1, -0.05) is 18.8 Å². The summed E-state index contributed by atoms with van der Waals surface area (Å²) in [6.45, 7) is 4.52. The fourth-order valence-electron chi connectivity index (χ4n) is 2.38. The molecule has 1 aliphatic carbocycles. The molecule has 1 aliphatic rings. The molecule has 1 aromatic rings. The van der Waals surface area contributed by atoms with Crippen LogP contribution in [0.3, 0.4) is 0 Å².